The van der Waals surface area contributed by atoms with E-state index in [-0.39, 0.29) is 12.1 Å². The van der Waals surface area contributed by atoms with E-state index in [0.29, 0.717) is 0 Å². The number of carbonyl (C=O) groups is 1. The first-order valence-corrected chi connectivity index (χ1v) is 5.01. The van der Waals surface area contributed by atoms with Crippen LogP contribution in [-0.4, -0.2) is 23.8 Å². The SMILES string of the molecule is CC[C@@H](N)[C@H](C)NC(=O)OC(C)(C)C. The summed E-state index contributed by atoms with van der Waals surface area (Å²) in [5, 5.41) is 2.70. The Labute approximate surface area is 86.2 Å². The molecule has 0 aromatic carbocycles. The minimum absolute atomic E-state index is 0.0254. The van der Waals surface area contributed by atoms with Crippen LogP contribution in [0.15, 0.2) is 0 Å². The molecule has 0 aliphatic heterocycles. The second-order valence-electron chi connectivity index (χ2n) is 4.51. The Balaban J connectivity index is 3.95. The van der Waals surface area contributed by atoms with E-state index in [0.717, 1.165) is 6.42 Å². The third kappa shape index (κ3) is 5.80. The van der Waals surface area contributed by atoms with Crippen LogP contribution >= 0.6 is 0 Å². The standard InChI is InChI=1S/C10H22N2O2/c1-6-8(11)7(2)12-9(13)14-10(3,4)5/h7-8H,6,11H2,1-5H3,(H,12,13)/t7-,8+/m0/s1. The van der Waals surface area contributed by atoms with Crippen molar-refractivity contribution in [1.29, 1.82) is 0 Å². The molecule has 14 heavy (non-hydrogen) atoms. The summed E-state index contributed by atoms with van der Waals surface area (Å²) in [7, 11) is 0. The molecule has 0 unspecified atom stereocenters. The van der Waals surface area contributed by atoms with E-state index < -0.39 is 11.7 Å². The second-order valence-corrected chi connectivity index (χ2v) is 4.51. The molecule has 0 aliphatic rings. The maximum Gasteiger partial charge on any atom is 0.407 e. The minimum Gasteiger partial charge on any atom is -0.444 e. The molecule has 0 aliphatic carbocycles. The summed E-state index contributed by atoms with van der Waals surface area (Å²) in [4.78, 5) is 11.3. The Morgan fingerprint density at radius 3 is 2.36 bits per heavy atom. The molecule has 0 aromatic rings. The number of alkyl carbamates (subject to hydrolysis) is 1. The monoisotopic (exact) mass is 202 g/mol. The van der Waals surface area contributed by atoms with Crippen LogP contribution in [0.3, 0.4) is 0 Å². The van der Waals surface area contributed by atoms with Gasteiger partial charge < -0.3 is 15.8 Å². The van der Waals surface area contributed by atoms with Gasteiger partial charge in [-0.25, -0.2) is 4.79 Å². The third-order valence-electron chi connectivity index (χ3n) is 1.86. The van der Waals surface area contributed by atoms with E-state index in [1.807, 2.05) is 34.6 Å². The lowest BCUT2D eigenvalue weighted by atomic mass is 10.1. The zero-order valence-corrected chi connectivity index (χ0v) is 9.76. The van der Waals surface area contributed by atoms with Crippen molar-refractivity contribution in [2.75, 3.05) is 0 Å². The molecule has 2 atom stereocenters. The lowest BCUT2D eigenvalue weighted by Crippen LogP contribution is -2.46. The van der Waals surface area contributed by atoms with E-state index in [1.165, 1.54) is 0 Å². The molecule has 0 bridgehead atoms. The number of ether oxygens (including phenoxy) is 1. The molecule has 0 radical (unpaired) electrons. The van der Waals surface area contributed by atoms with E-state index in [2.05, 4.69) is 5.32 Å². The van der Waals surface area contributed by atoms with Crippen LogP contribution in [0.4, 0.5) is 4.79 Å². The molecule has 1 amide bonds. The molecule has 0 saturated carbocycles. The largest absolute Gasteiger partial charge is 0.444 e. The van der Waals surface area contributed by atoms with Crippen molar-refractivity contribution < 1.29 is 9.53 Å². The van der Waals surface area contributed by atoms with Crippen molar-refractivity contribution in [2.45, 2.75) is 58.7 Å². The maximum absolute atomic E-state index is 11.3. The van der Waals surface area contributed by atoms with E-state index in [9.17, 15) is 4.79 Å². The van der Waals surface area contributed by atoms with Crippen LogP contribution in [0.25, 0.3) is 0 Å². The number of carbonyl (C=O) groups excluding carboxylic acids is 1. The van der Waals surface area contributed by atoms with Crippen LogP contribution in [0.5, 0.6) is 0 Å². The van der Waals surface area contributed by atoms with Crippen molar-refractivity contribution in [3.05, 3.63) is 0 Å². The molecule has 0 spiro atoms. The number of hydrogen-bond acceptors (Lipinski definition) is 3. The van der Waals surface area contributed by atoms with Crippen LogP contribution in [0.2, 0.25) is 0 Å². The zero-order valence-electron chi connectivity index (χ0n) is 9.76. The van der Waals surface area contributed by atoms with Crippen LogP contribution in [-0.2, 0) is 4.74 Å². The minimum atomic E-state index is -0.458. The molecule has 84 valence electrons. The summed E-state index contributed by atoms with van der Waals surface area (Å²) in [6.45, 7) is 9.35. The molecule has 4 heteroatoms. The molecular weight excluding hydrogens is 180 g/mol. The summed E-state index contributed by atoms with van der Waals surface area (Å²) in [6.07, 6.45) is 0.422. The molecular formula is C10H22N2O2. The average molecular weight is 202 g/mol. The van der Waals surface area contributed by atoms with Gasteiger partial charge in [-0.1, -0.05) is 6.92 Å². The van der Waals surface area contributed by atoms with Crippen LogP contribution in [0, 0.1) is 0 Å². The number of rotatable bonds is 3. The maximum atomic E-state index is 11.3. The lowest BCUT2D eigenvalue weighted by molar-refractivity contribution is 0.0501. The van der Waals surface area contributed by atoms with Crippen molar-refractivity contribution in [2.24, 2.45) is 5.73 Å². The predicted octanol–water partition coefficient (Wildman–Crippen LogP) is 1.64. The molecule has 0 rings (SSSR count). The molecule has 4 nitrogen and oxygen atoms in total. The van der Waals surface area contributed by atoms with Gasteiger partial charge >= 0.3 is 6.09 Å². The number of amides is 1. The van der Waals surface area contributed by atoms with Gasteiger partial charge in [-0.05, 0) is 34.1 Å². The summed E-state index contributed by atoms with van der Waals surface area (Å²) in [5.41, 5.74) is 5.30. The van der Waals surface area contributed by atoms with Crippen molar-refractivity contribution >= 4 is 6.09 Å². The summed E-state index contributed by atoms with van der Waals surface area (Å²) in [6, 6.07) is -0.0858. The van der Waals surface area contributed by atoms with Crippen molar-refractivity contribution in [3.8, 4) is 0 Å². The van der Waals surface area contributed by atoms with Gasteiger partial charge in [0.15, 0.2) is 0 Å². The lowest BCUT2D eigenvalue weighted by Gasteiger charge is -2.24. The number of hydrogen-bond donors (Lipinski definition) is 2. The topological polar surface area (TPSA) is 64.3 Å². The van der Waals surface area contributed by atoms with Crippen molar-refractivity contribution in [1.82, 2.24) is 5.32 Å². The van der Waals surface area contributed by atoms with Crippen molar-refractivity contribution in [3.63, 3.8) is 0 Å². The second kappa shape index (κ2) is 5.20. The summed E-state index contributed by atoms with van der Waals surface area (Å²) >= 11 is 0. The fraction of sp³-hybridized carbons (Fsp3) is 0.900. The summed E-state index contributed by atoms with van der Waals surface area (Å²) in [5.74, 6) is 0. The third-order valence-corrected chi connectivity index (χ3v) is 1.86. The van der Waals surface area contributed by atoms with Gasteiger partial charge in [0.1, 0.15) is 5.60 Å². The Bertz CT molecular complexity index is 187. The Morgan fingerprint density at radius 1 is 1.50 bits per heavy atom. The highest BCUT2D eigenvalue weighted by molar-refractivity contribution is 5.68. The van der Waals surface area contributed by atoms with Gasteiger partial charge in [0, 0.05) is 12.1 Å². The first-order valence-electron chi connectivity index (χ1n) is 5.01. The Morgan fingerprint density at radius 2 is 2.00 bits per heavy atom. The molecule has 0 saturated heterocycles. The number of nitrogens with one attached hydrogen (secondary N) is 1. The van der Waals surface area contributed by atoms with Gasteiger partial charge in [-0.15, -0.1) is 0 Å². The number of nitrogens with two attached hydrogens (primary N) is 1. The highest BCUT2D eigenvalue weighted by Crippen LogP contribution is 2.07. The first kappa shape index (κ1) is 13.2. The van der Waals surface area contributed by atoms with Gasteiger partial charge in [-0.2, -0.15) is 0 Å². The fourth-order valence-corrected chi connectivity index (χ4v) is 0.954. The highest BCUT2D eigenvalue weighted by atomic mass is 16.6. The molecule has 0 fully saturated rings. The van der Waals surface area contributed by atoms with E-state index >= 15 is 0 Å². The average Bonchev–Trinajstić information content (AvgIpc) is 1.99. The van der Waals surface area contributed by atoms with Gasteiger partial charge in [0.2, 0.25) is 0 Å². The molecule has 0 heterocycles. The van der Waals surface area contributed by atoms with Crippen LogP contribution in [0.1, 0.15) is 41.0 Å². The predicted molar refractivity (Wildman–Crippen MR) is 57.1 cm³/mol. The van der Waals surface area contributed by atoms with Gasteiger partial charge in [0.05, 0.1) is 0 Å². The molecule has 3 N–H and O–H groups in total. The zero-order chi connectivity index (χ0) is 11.4. The van der Waals surface area contributed by atoms with E-state index in [4.69, 9.17) is 10.5 Å². The smallest absolute Gasteiger partial charge is 0.407 e. The Hall–Kier alpha value is -0.770. The summed E-state index contributed by atoms with van der Waals surface area (Å²) < 4.78 is 5.10. The quantitative estimate of drug-likeness (QED) is 0.731. The van der Waals surface area contributed by atoms with Crippen LogP contribution < -0.4 is 11.1 Å². The normalized spacial score (nSPS) is 15.9. The first-order chi connectivity index (χ1) is 6.26. The fourth-order valence-electron chi connectivity index (χ4n) is 0.954. The highest BCUT2D eigenvalue weighted by Gasteiger charge is 2.19. The Kier molecular flexibility index (Phi) is 4.91. The molecule has 0 aromatic heterocycles. The van der Waals surface area contributed by atoms with Gasteiger partial charge in [-0.3, -0.25) is 0 Å². The van der Waals surface area contributed by atoms with Gasteiger partial charge in [0.25, 0.3) is 0 Å². The van der Waals surface area contributed by atoms with E-state index in [1.54, 1.807) is 0 Å².